The highest BCUT2D eigenvalue weighted by atomic mass is 16.1. The first-order valence-electron chi connectivity index (χ1n) is 6.19. The van der Waals surface area contributed by atoms with Crippen molar-refractivity contribution in [3.63, 3.8) is 0 Å². The highest BCUT2D eigenvalue weighted by Gasteiger charge is 2.24. The molecule has 5 nitrogen and oxygen atoms in total. The van der Waals surface area contributed by atoms with Crippen LogP contribution in [0.15, 0.2) is 6.20 Å². The number of rotatable bonds is 4. The van der Waals surface area contributed by atoms with Crippen LogP contribution in [0.3, 0.4) is 0 Å². The van der Waals surface area contributed by atoms with E-state index in [2.05, 4.69) is 20.8 Å². The highest BCUT2D eigenvalue weighted by molar-refractivity contribution is 5.79. The third kappa shape index (κ3) is 2.66. The first-order chi connectivity index (χ1) is 8.22. The van der Waals surface area contributed by atoms with Crippen molar-refractivity contribution in [2.45, 2.75) is 32.2 Å². The van der Waals surface area contributed by atoms with E-state index in [0.717, 1.165) is 25.0 Å². The van der Waals surface area contributed by atoms with Gasteiger partial charge in [-0.05, 0) is 31.9 Å². The Labute approximate surface area is 101 Å². The van der Waals surface area contributed by atoms with E-state index >= 15 is 0 Å². The van der Waals surface area contributed by atoms with Crippen LogP contribution in [0.1, 0.15) is 37.1 Å². The number of hydrogen-bond acceptors (Lipinski definition) is 3. The van der Waals surface area contributed by atoms with Gasteiger partial charge in [-0.25, -0.2) is 0 Å². The molecule has 94 valence electrons. The van der Waals surface area contributed by atoms with E-state index in [1.165, 1.54) is 5.56 Å². The number of carbonyl (C=O) groups is 1. The second-order valence-electron chi connectivity index (χ2n) is 4.72. The van der Waals surface area contributed by atoms with Crippen LogP contribution in [0.4, 0.5) is 0 Å². The van der Waals surface area contributed by atoms with Crippen molar-refractivity contribution in [1.29, 1.82) is 0 Å². The lowest BCUT2D eigenvalue weighted by Crippen LogP contribution is -2.37. The maximum absolute atomic E-state index is 11.9. The SMILES string of the molecule is CNCC(C)C(=O)NC1CCCc2cn[nH]c21. The molecule has 0 fully saturated rings. The number of H-pyrrole nitrogens is 1. The van der Waals surface area contributed by atoms with Crippen LogP contribution in [0, 0.1) is 5.92 Å². The lowest BCUT2D eigenvalue weighted by molar-refractivity contribution is -0.125. The average molecular weight is 236 g/mol. The van der Waals surface area contributed by atoms with Crippen molar-refractivity contribution < 1.29 is 4.79 Å². The minimum atomic E-state index is -0.00621. The van der Waals surface area contributed by atoms with E-state index in [4.69, 9.17) is 0 Å². The number of nitrogens with one attached hydrogen (secondary N) is 3. The van der Waals surface area contributed by atoms with Crippen LogP contribution < -0.4 is 10.6 Å². The molecule has 1 aromatic rings. The lowest BCUT2D eigenvalue weighted by atomic mass is 9.93. The molecule has 0 bridgehead atoms. The molecule has 0 aromatic carbocycles. The molecule has 1 aliphatic carbocycles. The fourth-order valence-corrected chi connectivity index (χ4v) is 2.32. The highest BCUT2D eigenvalue weighted by Crippen LogP contribution is 2.27. The zero-order chi connectivity index (χ0) is 12.3. The van der Waals surface area contributed by atoms with Crippen molar-refractivity contribution >= 4 is 5.91 Å². The van der Waals surface area contributed by atoms with Crippen LogP contribution in [-0.2, 0) is 11.2 Å². The van der Waals surface area contributed by atoms with E-state index < -0.39 is 0 Å². The summed E-state index contributed by atoms with van der Waals surface area (Å²) >= 11 is 0. The third-order valence-electron chi connectivity index (χ3n) is 3.31. The quantitative estimate of drug-likeness (QED) is 0.723. The molecule has 0 aliphatic heterocycles. The van der Waals surface area contributed by atoms with Gasteiger partial charge in [-0.2, -0.15) is 5.10 Å². The third-order valence-corrected chi connectivity index (χ3v) is 3.31. The van der Waals surface area contributed by atoms with E-state index in [1.54, 1.807) is 0 Å². The second-order valence-corrected chi connectivity index (χ2v) is 4.72. The van der Waals surface area contributed by atoms with Gasteiger partial charge in [-0.15, -0.1) is 0 Å². The number of aryl methyl sites for hydroxylation is 1. The van der Waals surface area contributed by atoms with Gasteiger partial charge in [0.05, 0.1) is 17.9 Å². The summed E-state index contributed by atoms with van der Waals surface area (Å²) in [5, 5.41) is 13.2. The molecule has 0 saturated carbocycles. The Morgan fingerprint density at radius 2 is 2.53 bits per heavy atom. The monoisotopic (exact) mass is 236 g/mol. The summed E-state index contributed by atoms with van der Waals surface area (Å²) < 4.78 is 0. The Kier molecular flexibility index (Phi) is 3.78. The fourth-order valence-electron chi connectivity index (χ4n) is 2.32. The Morgan fingerprint density at radius 3 is 3.29 bits per heavy atom. The summed E-state index contributed by atoms with van der Waals surface area (Å²) in [6.07, 6.45) is 5.03. The largest absolute Gasteiger partial charge is 0.347 e. The number of aromatic nitrogens is 2. The van der Waals surface area contributed by atoms with Crippen molar-refractivity contribution in [2.24, 2.45) is 5.92 Å². The Bertz CT molecular complexity index is 388. The number of aromatic amines is 1. The van der Waals surface area contributed by atoms with E-state index in [0.29, 0.717) is 6.54 Å². The number of carbonyl (C=O) groups excluding carboxylic acids is 1. The standard InChI is InChI=1S/C12H20N4O/c1-8(6-13-2)12(17)15-10-5-3-4-9-7-14-16-11(9)10/h7-8,10,13H,3-6H2,1-2H3,(H,14,16)(H,15,17). The van der Waals surface area contributed by atoms with Crippen molar-refractivity contribution in [3.05, 3.63) is 17.5 Å². The molecule has 0 radical (unpaired) electrons. The van der Waals surface area contributed by atoms with E-state index in [-0.39, 0.29) is 17.9 Å². The van der Waals surface area contributed by atoms with Crippen molar-refractivity contribution in [2.75, 3.05) is 13.6 Å². The predicted octanol–water partition coefficient (Wildman–Crippen LogP) is 0.759. The van der Waals surface area contributed by atoms with Crippen LogP contribution in [0.5, 0.6) is 0 Å². The maximum atomic E-state index is 11.9. The molecule has 1 aliphatic rings. The van der Waals surface area contributed by atoms with Crippen molar-refractivity contribution in [3.8, 4) is 0 Å². The first kappa shape index (κ1) is 12.1. The fraction of sp³-hybridized carbons (Fsp3) is 0.667. The molecule has 0 saturated heterocycles. The zero-order valence-corrected chi connectivity index (χ0v) is 10.4. The normalized spacial score (nSPS) is 20.7. The summed E-state index contributed by atoms with van der Waals surface area (Å²) in [6.45, 7) is 2.64. The predicted molar refractivity (Wildman–Crippen MR) is 65.5 cm³/mol. The maximum Gasteiger partial charge on any atom is 0.224 e. The van der Waals surface area contributed by atoms with Gasteiger partial charge in [0.1, 0.15) is 0 Å². The molecular formula is C12H20N4O. The molecular weight excluding hydrogens is 216 g/mol. The molecule has 2 unspecified atom stereocenters. The summed E-state index contributed by atoms with van der Waals surface area (Å²) in [7, 11) is 1.86. The second kappa shape index (κ2) is 5.31. The molecule has 2 rings (SSSR count). The van der Waals surface area contributed by atoms with Gasteiger partial charge in [-0.3, -0.25) is 9.89 Å². The van der Waals surface area contributed by atoms with Gasteiger partial charge in [0.15, 0.2) is 0 Å². The van der Waals surface area contributed by atoms with E-state index in [1.807, 2.05) is 20.2 Å². The van der Waals surface area contributed by atoms with Crippen LogP contribution in [0.25, 0.3) is 0 Å². The molecule has 0 spiro atoms. The molecule has 2 atom stereocenters. The van der Waals surface area contributed by atoms with Gasteiger partial charge in [0.2, 0.25) is 5.91 Å². The summed E-state index contributed by atoms with van der Waals surface area (Å²) in [5.74, 6) is 0.0973. The Balaban J connectivity index is 1.99. The van der Waals surface area contributed by atoms with Gasteiger partial charge in [0, 0.05) is 12.5 Å². The van der Waals surface area contributed by atoms with Gasteiger partial charge in [0.25, 0.3) is 0 Å². The molecule has 17 heavy (non-hydrogen) atoms. The minimum Gasteiger partial charge on any atom is -0.347 e. The number of fused-ring (bicyclic) bond motifs is 1. The van der Waals surface area contributed by atoms with Gasteiger partial charge >= 0.3 is 0 Å². The number of amides is 1. The molecule has 5 heteroatoms. The summed E-state index contributed by atoms with van der Waals surface area (Å²) in [6, 6.07) is 0.105. The lowest BCUT2D eigenvalue weighted by Gasteiger charge is -2.24. The van der Waals surface area contributed by atoms with E-state index in [9.17, 15) is 4.79 Å². The van der Waals surface area contributed by atoms with Crippen molar-refractivity contribution in [1.82, 2.24) is 20.8 Å². The van der Waals surface area contributed by atoms with Crippen LogP contribution >= 0.6 is 0 Å². The first-order valence-corrected chi connectivity index (χ1v) is 6.19. The van der Waals surface area contributed by atoms with Crippen LogP contribution in [-0.4, -0.2) is 29.7 Å². The molecule has 1 aromatic heterocycles. The Hall–Kier alpha value is -1.36. The summed E-state index contributed by atoms with van der Waals surface area (Å²) in [4.78, 5) is 11.9. The number of hydrogen-bond donors (Lipinski definition) is 3. The molecule has 3 N–H and O–H groups in total. The number of nitrogens with zero attached hydrogens (tertiary/aromatic N) is 1. The average Bonchev–Trinajstić information content (AvgIpc) is 2.78. The topological polar surface area (TPSA) is 69.8 Å². The van der Waals surface area contributed by atoms with Gasteiger partial charge < -0.3 is 10.6 Å². The van der Waals surface area contributed by atoms with Crippen LogP contribution in [0.2, 0.25) is 0 Å². The summed E-state index contributed by atoms with van der Waals surface area (Å²) in [5.41, 5.74) is 2.32. The van der Waals surface area contributed by atoms with Gasteiger partial charge in [-0.1, -0.05) is 6.92 Å². The molecule has 1 amide bonds. The molecule has 1 heterocycles. The minimum absolute atomic E-state index is 0.00621. The Morgan fingerprint density at radius 1 is 1.71 bits per heavy atom. The zero-order valence-electron chi connectivity index (χ0n) is 10.4. The smallest absolute Gasteiger partial charge is 0.224 e.